The highest BCUT2D eigenvalue weighted by Crippen LogP contribution is 2.42. The second-order valence-corrected chi connectivity index (χ2v) is 10.4. The number of rotatable bonds is 3. The van der Waals surface area contributed by atoms with Crippen LogP contribution in [0.5, 0.6) is 0 Å². The van der Waals surface area contributed by atoms with E-state index in [4.69, 9.17) is 4.98 Å². The second-order valence-electron chi connectivity index (χ2n) is 8.35. The molecule has 2 aliphatic carbocycles. The number of hydrogen-bond donors (Lipinski definition) is 2. The molecule has 0 bridgehead atoms. The van der Waals surface area contributed by atoms with Crippen LogP contribution in [0.1, 0.15) is 58.4 Å². The minimum Gasteiger partial charge on any atom is -0.322 e. The van der Waals surface area contributed by atoms with Crippen molar-refractivity contribution < 1.29 is 4.90 Å². The van der Waals surface area contributed by atoms with E-state index >= 15 is 0 Å². The summed E-state index contributed by atoms with van der Waals surface area (Å²) in [6.07, 6.45) is 8.47. The molecule has 1 unspecified atom stereocenters. The van der Waals surface area contributed by atoms with Gasteiger partial charge in [-0.25, -0.2) is 4.98 Å². The zero-order chi connectivity index (χ0) is 18.0. The monoisotopic (exact) mass is 398 g/mol. The van der Waals surface area contributed by atoms with E-state index in [1.54, 1.807) is 26.7 Å². The number of nitrogens with zero attached hydrogens (tertiary/aromatic N) is 1. The zero-order valence-electron chi connectivity index (χ0n) is 15.3. The number of aromatic nitrogens is 2. The summed E-state index contributed by atoms with van der Waals surface area (Å²) in [4.78, 5) is 26.5. The lowest BCUT2D eigenvalue weighted by Crippen LogP contribution is -3.12. The Bertz CT molecular complexity index is 1070. The number of aryl methyl sites for hydroxylation is 2. The number of H-pyrrole nitrogens is 1. The van der Waals surface area contributed by atoms with E-state index < -0.39 is 0 Å². The van der Waals surface area contributed by atoms with Crippen molar-refractivity contribution >= 4 is 32.9 Å². The van der Waals surface area contributed by atoms with Crippen molar-refractivity contribution in [3.8, 4) is 0 Å². The summed E-state index contributed by atoms with van der Waals surface area (Å²) in [6.45, 7) is 1.99. The van der Waals surface area contributed by atoms with Crippen molar-refractivity contribution in [3.63, 3.8) is 0 Å². The van der Waals surface area contributed by atoms with Gasteiger partial charge in [-0.1, -0.05) is 0 Å². The van der Waals surface area contributed by atoms with Gasteiger partial charge in [0.15, 0.2) is 5.82 Å². The first kappa shape index (κ1) is 16.5. The van der Waals surface area contributed by atoms with Crippen molar-refractivity contribution in [2.45, 2.75) is 57.5 Å². The Morgan fingerprint density at radius 1 is 1.19 bits per heavy atom. The number of nitrogens with one attached hydrogen (secondary N) is 2. The van der Waals surface area contributed by atoms with Crippen LogP contribution in [-0.4, -0.2) is 16.5 Å². The predicted molar refractivity (Wildman–Crippen MR) is 110 cm³/mol. The van der Waals surface area contributed by atoms with Gasteiger partial charge in [-0.2, -0.15) is 0 Å². The normalized spacial score (nSPS) is 24.7. The number of hydrogen-bond acceptors (Lipinski definition) is 4. The lowest BCUT2D eigenvalue weighted by atomic mass is 9.96. The maximum atomic E-state index is 12.9. The van der Waals surface area contributed by atoms with Crippen molar-refractivity contribution in [2.24, 2.45) is 5.92 Å². The van der Waals surface area contributed by atoms with E-state index in [1.807, 2.05) is 11.3 Å². The molecule has 27 heavy (non-hydrogen) atoms. The molecular formula is C21H24N3OS2+. The third-order valence-electron chi connectivity index (χ3n) is 6.59. The molecule has 140 valence electrons. The van der Waals surface area contributed by atoms with Gasteiger partial charge in [0, 0.05) is 27.7 Å². The predicted octanol–water partition coefficient (Wildman–Crippen LogP) is 3.02. The first-order valence-corrected chi connectivity index (χ1v) is 11.9. The van der Waals surface area contributed by atoms with Crippen LogP contribution in [0.3, 0.4) is 0 Å². The van der Waals surface area contributed by atoms with Gasteiger partial charge in [-0.3, -0.25) is 4.79 Å². The van der Waals surface area contributed by atoms with Gasteiger partial charge in [0.05, 0.1) is 11.9 Å². The lowest BCUT2D eigenvalue weighted by Gasteiger charge is -2.32. The quantitative estimate of drug-likeness (QED) is 0.713. The van der Waals surface area contributed by atoms with Crippen LogP contribution in [0.25, 0.3) is 10.2 Å². The summed E-state index contributed by atoms with van der Waals surface area (Å²) in [6, 6.07) is 2.94. The molecule has 6 rings (SSSR count). The maximum absolute atomic E-state index is 12.9. The second kappa shape index (κ2) is 6.26. The summed E-state index contributed by atoms with van der Waals surface area (Å²) >= 11 is 3.68. The van der Waals surface area contributed by atoms with Crippen LogP contribution in [-0.2, 0) is 25.8 Å². The molecular weight excluding hydrogens is 374 g/mol. The molecule has 3 aliphatic rings. The Morgan fingerprint density at radius 3 is 2.96 bits per heavy atom. The van der Waals surface area contributed by atoms with E-state index in [1.165, 1.54) is 36.1 Å². The highest BCUT2D eigenvalue weighted by atomic mass is 32.1. The highest BCUT2D eigenvalue weighted by Gasteiger charge is 2.43. The highest BCUT2D eigenvalue weighted by molar-refractivity contribution is 7.18. The average Bonchev–Trinajstić information content (AvgIpc) is 3.25. The summed E-state index contributed by atoms with van der Waals surface area (Å²) in [5.74, 6) is 1.70. The maximum Gasteiger partial charge on any atom is 0.260 e. The van der Waals surface area contributed by atoms with Crippen LogP contribution in [0.4, 0.5) is 0 Å². The largest absolute Gasteiger partial charge is 0.322 e. The van der Waals surface area contributed by atoms with Crippen LogP contribution < -0.4 is 10.5 Å². The average molecular weight is 399 g/mol. The third kappa shape index (κ3) is 2.72. The van der Waals surface area contributed by atoms with E-state index in [2.05, 4.69) is 16.4 Å². The Labute approximate surface area is 166 Å². The molecule has 0 aromatic carbocycles. The first-order valence-electron chi connectivity index (χ1n) is 10.2. The standard InChI is InChI=1S/C21H23N3OS2/c25-20-18-13-3-1-2-4-16(13)27-21(18)23-17(22-20)11-24-9-7-15-14(8-10-26-15)19(24)12-5-6-12/h8,10,12,19H,1-7,9,11H2,(H,22,23,25)/p+1/t19-/m1/s1. The Balaban J connectivity index is 1.36. The number of fused-ring (bicyclic) bond motifs is 4. The van der Waals surface area contributed by atoms with Crippen molar-refractivity contribution in [1.82, 2.24) is 9.97 Å². The first-order chi connectivity index (χ1) is 13.3. The molecule has 3 aromatic rings. The zero-order valence-corrected chi connectivity index (χ0v) is 17.0. The van der Waals surface area contributed by atoms with Crippen molar-refractivity contribution in [2.75, 3.05) is 6.54 Å². The molecule has 0 spiro atoms. The fourth-order valence-electron chi connectivity index (χ4n) is 5.20. The third-order valence-corrected chi connectivity index (χ3v) is 8.77. The van der Waals surface area contributed by atoms with Gasteiger partial charge >= 0.3 is 0 Å². The molecule has 3 aromatic heterocycles. The Morgan fingerprint density at radius 2 is 2.07 bits per heavy atom. The summed E-state index contributed by atoms with van der Waals surface area (Å²) < 4.78 is 0. The topological polar surface area (TPSA) is 50.2 Å². The molecule has 0 radical (unpaired) electrons. The van der Waals surface area contributed by atoms with Crippen LogP contribution in [0, 0.1) is 5.92 Å². The van der Waals surface area contributed by atoms with Gasteiger partial charge in [0.2, 0.25) is 0 Å². The van der Waals surface area contributed by atoms with E-state index in [9.17, 15) is 4.79 Å². The summed E-state index contributed by atoms with van der Waals surface area (Å²) in [5.41, 5.74) is 2.94. The van der Waals surface area contributed by atoms with Gasteiger partial charge in [0.25, 0.3) is 5.56 Å². The molecule has 2 N–H and O–H groups in total. The van der Waals surface area contributed by atoms with Crippen LogP contribution in [0.2, 0.25) is 0 Å². The molecule has 6 heteroatoms. The molecule has 0 saturated heterocycles. The Hall–Kier alpha value is -1.50. The smallest absolute Gasteiger partial charge is 0.260 e. The summed E-state index contributed by atoms with van der Waals surface area (Å²) in [7, 11) is 0. The van der Waals surface area contributed by atoms with E-state index in [-0.39, 0.29) is 5.56 Å². The molecule has 1 fully saturated rings. The van der Waals surface area contributed by atoms with E-state index in [0.717, 1.165) is 54.3 Å². The van der Waals surface area contributed by atoms with Crippen molar-refractivity contribution in [3.05, 3.63) is 48.5 Å². The minimum absolute atomic E-state index is 0.0880. The van der Waals surface area contributed by atoms with Gasteiger partial charge < -0.3 is 9.88 Å². The number of aromatic amines is 1. The van der Waals surface area contributed by atoms with Crippen LogP contribution in [0.15, 0.2) is 16.2 Å². The van der Waals surface area contributed by atoms with Gasteiger partial charge in [-0.05, 0) is 55.5 Å². The molecule has 1 saturated carbocycles. The molecule has 4 heterocycles. The molecule has 0 amide bonds. The molecule has 4 nitrogen and oxygen atoms in total. The fraction of sp³-hybridized carbons (Fsp3) is 0.524. The van der Waals surface area contributed by atoms with Crippen molar-refractivity contribution in [1.29, 1.82) is 0 Å². The van der Waals surface area contributed by atoms with Gasteiger partial charge in [-0.15, -0.1) is 22.7 Å². The molecule has 2 atom stereocenters. The fourth-order valence-corrected chi connectivity index (χ4v) is 7.41. The van der Waals surface area contributed by atoms with Gasteiger partial charge in [0.1, 0.15) is 17.4 Å². The molecule has 1 aliphatic heterocycles. The van der Waals surface area contributed by atoms with E-state index in [0.29, 0.717) is 6.04 Å². The summed E-state index contributed by atoms with van der Waals surface area (Å²) in [5, 5.41) is 3.14. The lowest BCUT2D eigenvalue weighted by molar-refractivity contribution is -0.950. The Kier molecular flexibility index (Phi) is 3.81. The number of quaternary nitrogens is 1. The number of thiophene rings is 2. The van der Waals surface area contributed by atoms with Crippen LogP contribution >= 0.6 is 22.7 Å². The SMILES string of the molecule is O=c1[nH]c(C[NH+]2CCc3sccc3[C@H]2C2CC2)nc2sc3c(c12)CCCC3. The minimum atomic E-state index is 0.0880.